The lowest BCUT2D eigenvalue weighted by molar-refractivity contribution is 0.288. The third-order valence-electron chi connectivity index (χ3n) is 2.46. The minimum atomic E-state index is -0.223. The summed E-state index contributed by atoms with van der Waals surface area (Å²) in [4.78, 5) is 0. The first-order valence-corrected chi connectivity index (χ1v) is 4.86. The molecule has 14 heavy (non-hydrogen) atoms. The van der Waals surface area contributed by atoms with Crippen molar-refractivity contribution < 1.29 is 14.2 Å². The van der Waals surface area contributed by atoms with Gasteiger partial charge in [-0.15, -0.1) is 0 Å². The minimum Gasteiger partial charge on any atom is -0.493 e. The van der Waals surface area contributed by atoms with Crippen LogP contribution in [0, 0.1) is 5.82 Å². The fraction of sp³-hybridized carbons (Fsp3) is 0.455. The molecular weight excluding hydrogens is 183 g/mol. The van der Waals surface area contributed by atoms with Gasteiger partial charge in [0.15, 0.2) is 0 Å². The van der Waals surface area contributed by atoms with E-state index in [4.69, 9.17) is 9.84 Å². The van der Waals surface area contributed by atoms with Crippen molar-refractivity contribution in [1.82, 2.24) is 0 Å². The Morgan fingerprint density at radius 3 is 3.07 bits per heavy atom. The SMILES string of the molecule is OCCCc1cc2c(cc1F)OCC2. The molecule has 0 aromatic heterocycles. The lowest BCUT2D eigenvalue weighted by Crippen LogP contribution is -1.95. The molecule has 1 N–H and O–H groups in total. The van der Waals surface area contributed by atoms with Crippen LogP contribution in [0.3, 0.4) is 0 Å². The van der Waals surface area contributed by atoms with E-state index in [0.717, 1.165) is 12.0 Å². The van der Waals surface area contributed by atoms with Gasteiger partial charge in [-0.25, -0.2) is 4.39 Å². The maximum Gasteiger partial charge on any atom is 0.130 e. The van der Waals surface area contributed by atoms with Crippen LogP contribution < -0.4 is 4.74 Å². The molecule has 3 heteroatoms. The van der Waals surface area contributed by atoms with E-state index in [1.807, 2.05) is 6.07 Å². The molecule has 1 aromatic rings. The van der Waals surface area contributed by atoms with Gasteiger partial charge in [-0.3, -0.25) is 0 Å². The van der Waals surface area contributed by atoms with Crippen molar-refractivity contribution in [3.8, 4) is 5.75 Å². The molecule has 76 valence electrons. The number of halogens is 1. The smallest absolute Gasteiger partial charge is 0.130 e. The fourth-order valence-electron chi connectivity index (χ4n) is 1.71. The molecule has 0 atom stereocenters. The number of rotatable bonds is 3. The molecule has 2 rings (SSSR count). The first-order chi connectivity index (χ1) is 6.81. The third kappa shape index (κ3) is 1.73. The summed E-state index contributed by atoms with van der Waals surface area (Å²) in [5.41, 5.74) is 1.77. The average Bonchev–Trinajstić information content (AvgIpc) is 2.61. The Kier molecular flexibility index (Phi) is 2.68. The van der Waals surface area contributed by atoms with E-state index in [-0.39, 0.29) is 12.4 Å². The van der Waals surface area contributed by atoms with E-state index in [0.29, 0.717) is 30.8 Å². The van der Waals surface area contributed by atoms with E-state index in [2.05, 4.69) is 0 Å². The number of hydrogen-bond donors (Lipinski definition) is 1. The van der Waals surface area contributed by atoms with Crippen molar-refractivity contribution in [2.45, 2.75) is 19.3 Å². The summed E-state index contributed by atoms with van der Waals surface area (Å²) in [6.45, 7) is 0.755. The Hall–Kier alpha value is -1.09. The quantitative estimate of drug-likeness (QED) is 0.797. The molecule has 1 heterocycles. The molecule has 0 bridgehead atoms. The summed E-state index contributed by atoms with van der Waals surface area (Å²) in [6, 6.07) is 3.31. The second-order valence-corrected chi connectivity index (χ2v) is 3.48. The molecule has 0 unspecified atom stereocenters. The first-order valence-electron chi connectivity index (χ1n) is 4.86. The number of benzene rings is 1. The Morgan fingerprint density at radius 1 is 1.43 bits per heavy atom. The van der Waals surface area contributed by atoms with Gasteiger partial charge in [-0.05, 0) is 30.0 Å². The molecule has 1 aromatic carbocycles. The van der Waals surface area contributed by atoms with Crippen molar-refractivity contribution >= 4 is 0 Å². The molecule has 0 fully saturated rings. The summed E-state index contributed by atoms with van der Waals surface area (Å²) in [6.07, 6.45) is 2.06. The highest BCUT2D eigenvalue weighted by atomic mass is 19.1. The standard InChI is InChI=1S/C11H13FO2/c12-10-7-11-9(3-5-14-11)6-8(10)2-1-4-13/h6-7,13H,1-5H2. The normalized spacial score (nSPS) is 13.9. The van der Waals surface area contributed by atoms with Gasteiger partial charge in [0, 0.05) is 19.1 Å². The van der Waals surface area contributed by atoms with E-state index in [9.17, 15) is 4.39 Å². The molecule has 0 amide bonds. The molecule has 2 nitrogen and oxygen atoms in total. The topological polar surface area (TPSA) is 29.5 Å². The average molecular weight is 196 g/mol. The number of aliphatic hydroxyl groups is 1. The highest BCUT2D eigenvalue weighted by molar-refractivity contribution is 5.40. The Morgan fingerprint density at radius 2 is 2.29 bits per heavy atom. The number of hydrogen-bond acceptors (Lipinski definition) is 2. The van der Waals surface area contributed by atoms with Gasteiger partial charge < -0.3 is 9.84 Å². The van der Waals surface area contributed by atoms with E-state index in [1.165, 1.54) is 6.07 Å². The summed E-state index contributed by atoms with van der Waals surface area (Å²) in [5.74, 6) is 0.453. The summed E-state index contributed by atoms with van der Waals surface area (Å²) >= 11 is 0. The maximum absolute atomic E-state index is 13.4. The van der Waals surface area contributed by atoms with Crippen molar-refractivity contribution in [2.75, 3.05) is 13.2 Å². The lowest BCUT2D eigenvalue weighted by Gasteiger charge is -2.05. The molecule has 0 aliphatic carbocycles. The molecule has 0 saturated heterocycles. The Bertz CT molecular complexity index is 336. The monoisotopic (exact) mass is 196 g/mol. The molecule has 0 radical (unpaired) electrons. The molecule has 1 aliphatic rings. The second kappa shape index (κ2) is 3.96. The predicted molar refractivity (Wildman–Crippen MR) is 51.0 cm³/mol. The fourth-order valence-corrected chi connectivity index (χ4v) is 1.71. The zero-order chi connectivity index (χ0) is 9.97. The van der Waals surface area contributed by atoms with Gasteiger partial charge >= 0.3 is 0 Å². The second-order valence-electron chi connectivity index (χ2n) is 3.48. The first kappa shape index (κ1) is 9.46. The van der Waals surface area contributed by atoms with Gasteiger partial charge in [0.05, 0.1) is 6.61 Å². The predicted octanol–water partition coefficient (Wildman–Crippen LogP) is 1.69. The van der Waals surface area contributed by atoms with Gasteiger partial charge in [0.25, 0.3) is 0 Å². The van der Waals surface area contributed by atoms with Crippen LogP contribution in [-0.2, 0) is 12.8 Å². The van der Waals surface area contributed by atoms with Crippen molar-refractivity contribution in [3.05, 3.63) is 29.1 Å². The maximum atomic E-state index is 13.4. The van der Waals surface area contributed by atoms with Crippen molar-refractivity contribution in [2.24, 2.45) is 0 Å². The van der Waals surface area contributed by atoms with Crippen LogP contribution in [-0.4, -0.2) is 18.3 Å². The van der Waals surface area contributed by atoms with Crippen LogP contribution in [0.5, 0.6) is 5.75 Å². The summed E-state index contributed by atoms with van der Waals surface area (Å²) < 4.78 is 18.7. The number of aryl methyl sites for hydroxylation is 1. The van der Waals surface area contributed by atoms with Gasteiger partial charge in [-0.1, -0.05) is 0 Å². The molecular formula is C11H13FO2. The Balaban J connectivity index is 2.23. The zero-order valence-corrected chi connectivity index (χ0v) is 7.92. The van der Waals surface area contributed by atoms with E-state index < -0.39 is 0 Å². The largest absolute Gasteiger partial charge is 0.493 e. The molecule has 0 saturated carbocycles. The van der Waals surface area contributed by atoms with E-state index in [1.54, 1.807) is 0 Å². The lowest BCUT2D eigenvalue weighted by atomic mass is 10.0. The molecule has 1 aliphatic heterocycles. The van der Waals surface area contributed by atoms with Crippen LogP contribution >= 0.6 is 0 Å². The molecule has 0 spiro atoms. The number of fused-ring (bicyclic) bond motifs is 1. The van der Waals surface area contributed by atoms with Gasteiger partial charge in [-0.2, -0.15) is 0 Å². The van der Waals surface area contributed by atoms with Crippen LogP contribution in [0.2, 0.25) is 0 Å². The van der Waals surface area contributed by atoms with Crippen LogP contribution in [0.15, 0.2) is 12.1 Å². The minimum absolute atomic E-state index is 0.104. The van der Waals surface area contributed by atoms with Gasteiger partial charge in [0.2, 0.25) is 0 Å². The van der Waals surface area contributed by atoms with Crippen LogP contribution in [0.1, 0.15) is 17.5 Å². The van der Waals surface area contributed by atoms with Crippen LogP contribution in [0.4, 0.5) is 4.39 Å². The number of aliphatic hydroxyl groups excluding tert-OH is 1. The van der Waals surface area contributed by atoms with Gasteiger partial charge in [0.1, 0.15) is 11.6 Å². The highest BCUT2D eigenvalue weighted by Gasteiger charge is 2.15. The highest BCUT2D eigenvalue weighted by Crippen LogP contribution is 2.28. The van der Waals surface area contributed by atoms with Crippen molar-refractivity contribution in [3.63, 3.8) is 0 Å². The summed E-state index contributed by atoms with van der Waals surface area (Å²) in [5, 5.41) is 8.66. The summed E-state index contributed by atoms with van der Waals surface area (Å²) in [7, 11) is 0. The van der Waals surface area contributed by atoms with Crippen LogP contribution in [0.25, 0.3) is 0 Å². The van der Waals surface area contributed by atoms with E-state index >= 15 is 0 Å². The number of ether oxygens (including phenoxy) is 1. The zero-order valence-electron chi connectivity index (χ0n) is 7.92. The van der Waals surface area contributed by atoms with Crippen molar-refractivity contribution in [1.29, 1.82) is 0 Å². The third-order valence-corrected chi connectivity index (χ3v) is 2.46. The Labute approximate surface area is 82.3 Å².